The molecule has 7 nitrogen and oxygen atoms in total. The van der Waals surface area contributed by atoms with E-state index < -0.39 is 10.0 Å². The van der Waals surface area contributed by atoms with Gasteiger partial charge in [0, 0.05) is 55.8 Å². The molecular formula is C23H25N3O4S. The predicted octanol–water partition coefficient (Wildman–Crippen LogP) is 2.57. The molecule has 2 heterocycles. The number of sulfonamides is 1. The Kier molecular flexibility index (Phi) is 6.20. The third-order valence-corrected chi connectivity index (χ3v) is 7.16. The van der Waals surface area contributed by atoms with Crippen molar-refractivity contribution in [1.82, 2.24) is 9.21 Å². The molecule has 0 aromatic heterocycles. The molecule has 8 heteroatoms. The molecular weight excluding hydrogens is 414 g/mol. The first-order valence-corrected chi connectivity index (χ1v) is 11.9. The van der Waals surface area contributed by atoms with Gasteiger partial charge in [-0.25, -0.2) is 8.42 Å². The highest BCUT2D eigenvalue weighted by Gasteiger charge is 2.28. The molecule has 2 fully saturated rings. The van der Waals surface area contributed by atoms with Crippen LogP contribution in [0.2, 0.25) is 0 Å². The summed E-state index contributed by atoms with van der Waals surface area (Å²) in [5.41, 5.74) is 2.06. The van der Waals surface area contributed by atoms with Gasteiger partial charge in [0.15, 0.2) is 0 Å². The van der Waals surface area contributed by atoms with E-state index >= 15 is 0 Å². The lowest BCUT2D eigenvalue weighted by Crippen LogP contribution is -2.50. The summed E-state index contributed by atoms with van der Waals surface area (Å²) in [4.78, 5) is 28.3. The molecule has 0 spiro atoms. The van der Waals surface area contributed by atoms with E-state index in [1.54, 1.807) is 34.1 Å². The van der Waals surface area contributed by atoms with E-state index in [1.165, 1.54) is 9.71 Å². The number of anilines is 1. The molecule has 2 aromatic rings. The van der Waals surface area contributed by atoms with Crippen molar-refractivity contribution < 1.29 is 18.0 Å². The van der Waals surface area contributed by atoms with Crippen LogP contribution in [-0.4, -0.2) is 62.2 Å². The zero-order valence-corrected chi connectivity index (χ0v) is 18.0. The van der Waals surface area contributed by atoms with Crippen molar-refractivity contribution in [1.29, 1.82) is 0 Å². The lowest BCUT2D eigenvalue weighted by Gasteiger charge is -2.33. The van der Waals surface area contributed by atoms with Gasteiger partial charge in [0.25, 0.3) is 5.91 Å². The first-order valence-electron chi connectivity index (χ1n) is 10.4. The first kappa shape index (κ1) is 21.3. The lowest BCUT2D eigenvalue weighted by molar-refractivity contribution is -0.117. The van der Waals surface area contributed by atoms with Gasteiger partial charge in [-0.3, -0.25) is 9.59 Å². The van der Waals surface area contributed by atoms with Gasteiger partial charge < -0.3 is 9.80 Å². The van der Waals surface area contributed by atoms with Crippen molar-refractivity contribution in [2.75, 3.05) is 37.6 Å². The fourth-order valence-electron chi connectivity index (χ4n) is 3.87. The number of hydrogen-bond donors (Lipinski definition) is 0. The van der Waals surface area contributed by atoms with E-state index in [0.29, 0.717) is 31.6 Å². The van der Waals surface area contributed by atoms with Crippen LogP contribution in [0.3, 0.4) is 0 Å². The summed E-state index contributed by atoms with van der Waals surface area (Å²) in [5.74, 6) is -0.0719. The number of benzene rings is 2. The molecule has 2 aromatic carbocycles. The number of hydrogen-bond acceptors (Lipinski definition) is 4. The summed E-state index contributed by atoms with van der Waals surface area (Å²) in [7, 11) is -3.55. The molecule has 2 aliphatic rings. The molecule has 31 heavy (non-hydrogen) atoms. The van der Waals surface area contributed by atoms with Crippen molar-refractivity contribution in [2.45, 2.75) is 12.8 Å². The van der Waals surface area contributed by atoms with E-state index in [0.717, 1.165) is 17.7 Å². The second kappa shape index (κ2) is 9.03. The third kappa shape index (κ3) is 4.86. The van der Waals surface area contributed by atoms with Crippen LogP contribution in [0.5, 0.6) is 0 Å². The molecule has 0 bridgehead atoms. The summed E-state index contributed by atoms with van der Waals surface area (Å²) in [6.45, 7) is 1.81. The second-order valence-electron chi connectivity index (χ2n) is 7.65. The van der Waals surface area contributed by atoms with Crippen LogP contribution >= 0.6 is 0 Å². The fraction of sp³-hybridized carbons (Fsp3) is 0.304. The molecule has 0 saturated carbocycles. The highest BCUT2D eigenvalue weighted by molar-refractivity contribution is 7.92. The maximum absolute atomic E-state index is 13.0. The standard InChI is InChI=1S/C23H25N3O4S/c27-22-10-5-12-26(22)21-9-4-8-20(18-21)23(28)24-13-15-25(16-14-24)31(29,30)17-11-19-6-2-1-3-7-19/h1-4,6-9,11,17-18H,5,10,12-16H2/b17-11+. The minimum Gasteiger partial charge on any atom is -0.336 e. The van der Waals surface area contributed by atoms with E-state index in [1.807, 2.05) is 36.4 Å². The quantitative estimate of drug-likeness (QED) is 0.717. The fourth-order valence-corrected chi connectivity index (χ4v) is 5.04. The first-order chi connectivity index (χ1) is 14.9. The van der Waals surface area contributed by atoms with Crippen molar-refractivity contribution in [2.24, 2.45) is 0 Å². The van der Waals surface area contributed by atoms with Gasteiger partial charge in [-0.2, -0.15) is 4.31 Å². The Morgan fingerprint density at radius 3 is 2.32 bits per heavy atom. The molecule has 2 aliphatic heterocycles. The Morgan fingerprint density at radius 1 is 0.903 bits per heavy atom. The Morgan fingerprint density at radius 2 is 1.65 bits per heavy atom. The molecule has 2 amide bonds. The Hall–Kier alpha value is -2.97. The van der Waals surface area contributed by atoms with Gasteiger partial charge in [-0.05, 0) is 36.3 Å². The van der Waals surface area contributed by atoms with Crippen LogP contribution in [0.1, 0.15) is 28.8 Å². The van der Waals surface area contributed by atoms with Gasteiger partial charge in [0.2, 0.25) is 15.9 Å². The van der Waals surface area contributed by atoms with Gasteiger partial charge in [-0.1, -0.05) is 36.4 Å². The highest BCUT2D eigenvalue weighted by atomic mass is 32.2. The summed E-state index contributed by atoms with van der Waals surface area (Å²) >= 11 is 0. The third-order valence-electron chi connectivity index (χ3n) is 5.60. The molecule has 0 aliphatic carbocycles. The Bertz CT molecular complexity index is 1090. The Labute approximate surface area is 182 Å². The zero-order valence-electron chi connectivity index (χ0n) is 17.2. The van der Waals surface area contributed by atoms with Gasteiger partial charge in [0.1, 0.15) is 0 Å². The Balaban J connectivity index is 1.39. The van der Waals surface area contributed by atoms with Gasteiger partial charge in [0.05, 0.1) is 0 Å². The molecule has 0 radical (unpaired) electrons. The maximum atomic E-state index is 13.0. The van der Waals surface area contributed by atoms with Crippen molar-refractivity contribution >= 4 is 33.6 Å². The summed E-state index contributed by atoms with van der Waals surface area (Å²) in [5, 5.41) is 1.22. The minimum atomic E-state index is -3.55. The smallest absolute Gasteiger partial charge is 0.254 e. The molecule has 0 unspecified atom stereocenters. The lowest BCUT2D eigenvalue weighted by atomic mass is 10.1. The number of rotatable bonds is 5. The summed E-state index contributed by atoms with van der Waals surface area (Å²) < 4.78 is 26.7. The normalized spacial score (nSPS) is 18.1. The van der Waals surface area contributed by atoms with E-state index in [-0.39, 0.29) is 24.9 Å². The van der Waals surface area contributed by atoms with Gasteiger partial charge in [-0.15, -0.1) is 0 Å². The maximum Gasteiger partial charge on any atom is 0.254 e. The average Bonchev–Trinajstić information content (AvgIpc) is 3.24. The van der Waals surface area contributed by atoms with Crippen LogP contribution in [0.4, 0.5) is 5.69 Å². The van der Waals surface area contributed by atoms with Crippen molar-refractivity contribution in [3.05, 3.63) is 71.1 Å². The number of carbonyl (C=O) groups is 2. The minimum absolute atomic E-state index is 0.0759. The number of nitrogens with zero attached hydrogens (tertiary/aromatic N) is 3. The topological polar surface area (TPSA) is 78.0 Å². The van der Waals surface area contributed by atoms with E-state index in [9.17, 15) is 18.0 Å². The van der Waals surface area contributed by atoms with Crippen LogP contribution in [-0.2, 0) is 14.8 Å². The highest BCUT2D eigenvalue weighted by Crippen LogP contribution is 2.23. The average molecular weight is 440 g/mol. The van der Waals surface area contributed by atoms with Gasteiger partial charge >= 0.3 is 0 Å². The molecule has 0 N–H and O–H groups in total. The zero-order chi connectivity index (χ0) is 21.8. The largest absolute Gasteiger partial charge is 0.336 e. The molecule has 0 atom stereocenters. The molecule has 2 saturated heterocycles. The van der Waals surface area contributed by atoms with Crippen LogP contribution < -0.4 is 4.90 Å². The summed E-state index contributed by atoms with van der Waals surface area (Å²) in [6, 6.07) is 16.4. The number of piperazine rings is 1. The monoisotopic (exact) mass is 439 g/mol. The second-order valence-corrected chi connectivity index (χ2v) is 9.47. The summed E-state index contributed by atoms with van der Waals surface area (Å²) in [6.07, 6.45) is 2.94. The SMILES string of the molecule is O=C(c1cccc(N2CCCC2=O)c1)N1CCN(S(=O)(=O)/C=C/c2ccccc2)CC1. The number of carbonyl (C=O) groups excluding carboxylic acids is 2. The van der Waals surface area contributed by atoms with Crippen LogP contribution in [0, 0.1) is 0 Å². The van der Waals surface area contributed by atoms with Crippen LogP contribution in [0.25, 0.3) is 6.08 Å². The van der Waals surface area contributed by atoms with E-state index in [2.05, 4.69) is 0 Å². The van der Waals surface area contributed by atoms with Crippen molar-refractivity contribution in [3.8, 4) is 0 Å². The van der Waals surface area contributed by atoms with Crippen LogP contribution in [0.15, 0.2) is 60.0 Å². The molecule has 162 valence electrons. The predicted molar refractivity (Wildman–Crippen MR) is 120 cm³/mol. The van der Waals surface area contributed by atoms with Crippen molar-refractivity contribution in [3.63, 3.8) is 0 Å². The molecule has 4 rings (SSSR count). The number of amides is 2. The van der Waals surface area contributed by atoms with E-state index in [4.69, 9.17) is 0 Å².